The summed E-state index contributed by atoms with van der Waals surface area (Å²) in [5, 5.41) is 2.91. The van der Waals surface area contributed by atoms with Gasteiger partial charge in [-0.2, -0.15) is 0 Å². The van der Waals surface area contributed by atoms with E-state index in [0.717, 1.165) is 19.6 Å². The number of urea groups is 1. The van der Waals surface area contributed by atoms with Gasteiger partial charge in [-0.15, -0.1) is 0 Å². The van der Waals surface area contributed by atoms with Crippen LogP contribution in [0.4, 0.5) is 10.5 Å². The Morgan fingerprint density at radius 2 is 1.92 bits per heavy atom. The molecule has 134 valence electrons. The number of ether oxygens (including phenoxy) is 1. The van der Waals surface area contributed by atoms with Gasteiger partial charge in [0.25, 0.3) is 0 Å². The zero-order chi connectivity index (χ0) is 17.5. The van der Waals surface area contributed by atoms with Crippen molar-refractivity contribution < 1.29 is 9.53 Å². The Labute approximate surface area is 145 Å². The number of benzene rings is 1. The Hall–Kier alpha value is -1.79. The molecule has 0 aliphatic carbocycles. The number of methoxy groups -OCH3 is 1. The second kappa shape index (κ2) is 8.89. The zero-order valence-corrected chi connectivity index (χ0v) is 15.3. The highest BCUT2D eigenvalue weighted by molar-refractivity contribution is 5.90. The number of carbonyl (C=O) groups excluding carboxylic acids is 1. The number of likely N-dealkylation sites (tertiary alicyclic amines) is 1. The molecule has 1 saturated heterocycles. The summed E-state index contributed by atoms with van der Waals surface area (Å²) in [4.78, 5) is 18.8. The van der Waals surface area contributed by atoms with E-state index in [1.165, 1.54) is 12.8 Å². The molecule has 2 amide bonds. The largest absolute Gasteiger partial charge is 0.495 e. The number of nitrogens with zero attached hydrogens (tertiary/aromatic N) is 3. The lowest BCUT2D eigenvalue weighted by Gasteiger charge is -2.35. The molecular formula is C18H30N4O2. The van der Waals surface area contributed by atoms with Crippen molar-refractivity contribution in [2.75, 3.05) is 59.7 Å². The highest BCUT2D eigenvalue weighted by atomic mass is 16.5. The van der Waals surface area contributed by atoms with Gasteiger partial charge in [0.05, 0.1) is 12.8 Å². The van der Waals surface area contributed by atoms with Crippen LogP contribution in [-0.4, -0.2) is 81.2 Å². The molecule has 0 atom stereocenters. The Bertz CT molecular complexity index is 530. The van der Waals surface area contributed by atoms with E-state index in [1.807, 2.05) is 31.3 Å². The fourth-order valence-electron chi connectivity index (χ4n) is 2.99. The molecule has 0 bridgehead atoms. The zero-order valence-electron chi connectivity index (χ0n) is 15.3. The molecule has 1 aromatic carbocycles. The minimum atomic E-state index is -0.115. The Morgan fingerprint density at radius 1 is 1.25 bits per heavy atom. The average molecular weight is 334 g/mol. The lowest BCUT2D eigenvalue weighted by Crippen LogP contribution is -2.45. The molecule has 0 unspecified atom stereocenters. The lowest BCUT2D eigenvalue weighted by atomic mass is 10.0. The normalized spacial score (nSPS) is 16.2. The molecule has 24 heavy (non-hydrogen) atoms. The summed E-state index contributed by atoms with van der Waals surface area (Å²) in [6, 6.07) is 7.95. The van der Waals surface area contributed by atoms with Crippen molar-refractivity contribution in [3.63, 3.8) is 0 Å². The van der Waals surface area contributed by atoms with Crippen LogP contribution in [0.25, 0.3) is 0 Å². The van der Waals surface area contributed by atoms with Gasteiger partial charge in [-0.05, 0) is 52.2 Å². The third-order valence-corrected chi connectivity index (χ3v) is 4.79. The number of hydrogen-bond donors (Lipinski definition) is 1. The minimum Gasteiger partial charge on any atom is -0.495 e. The van der Waals surface area contributed by atoms with E-state index < -0.39 is 0 Å². The molecule has 1 aromatic rings. The second-order valence-electron chi connectivity index (χ2n) is 6.57. The van der Waals surface area contributed by atoms with Crippen LogP contribution >= 0.6 is 0 Å². The van der Waals surface area contributed by atoms with Gasteiger partial charge in [-0.1, -0.05) is 12.1 Å². The number of hydrogen-bond acceptors (Lipinski definition) is 4. The van der Waals surface area contributed by atoms with E-state index in [4.69, 9.17) is 4.74 Å². The van der Waals surface area contributed by atoms with E-state index >= 15 is 0 Å². The van der Waals surface area contributed by atoms with Gasteiger partial charge in [0.2, 0.25) is 0 Å². The van der Waals surface area contributed by atoms with Crippen molar-refractivity contribution >= 4 is 11.7 Å². The average Bonchev–Trinajstić information content (AvgIpc) is 2.60. The summed E-state index contributed by atoms with van der Waals surface area (Å²) in [6.45, 7) is 3.88. The van der Waals surface area contributed by atoms with E-state index in [2.05, 4.69) is 29.2 Å². The van der Waals surface area contributed by atoms with Crippen LogP contribution in [-0.2, 0) is 0 Å². The van der Waals surface area contributed by atoms with E-state index in [-0.39, 0.29) is 6.03 Å². The van der Waals surface area contributed by atoms with Crippen molar-refractivity contribution in [3.8, 4) is 5.75 Å². The number of nitrogens with one attached hydrogen (secondary N) is 1. The number of rotatable bonds is 6. The summed E-state index contributed by atoms with van der Waals surface area (Å²) >= 11 is 0. The molecule has 1 aliphatic heterocycles. The highest BCUT2D eigenvalue weighted by Gasteiger charge is 2.21. The SMILES string of the molecule is COc1ccccc1NC(=O)N(C)CCN(C)C1CCN(C)CC1. The summed E-state index contributed by atoms with van der Waals surface area (Å²) in [5.74, 6) is 0.669. The molecule has 0 aromatic heterocycles. The monoisotopic (exact) mass is 334 g/mol. The second-order valence-corrected chi connectivity index (χ2v) is 6.57. The molecule has 6 nitrogen and oxygen atoms in total. The molecule has 6 heteroatoms. The molecule has 1 fully saturated rings. The molecule has 2 rings (SSSR count). The topological polar surface area (TPSA) is 48.1 Å². The Balaban J connectivity index is 1.79. The summed E-state index contributed by atoms with van der Waals surface area (Å²) in [5.41, 5.74) is 0.695. The summed E-state index contributed by atoms with van der Waals surface area (Å²) in [6.07, 6.45) is 2.40. The van der Waals surface area contributed by atoms with Gasteiger partial charge >= 0.3 is 6.03 Å². The van der Waals surface area contributed by atoms with Gasteiger partial charge in [0, 0.05) is 26.2 Å². The van der Waals surface area contributed by atoms with Gasteiger partial charge in [-0.25, -0.2) is 4.79 Å². The fraction of sp³-hybridized carbons (Fsp3) is 0.611. The van der Waals surface area contributed by atoms with Crippen LogP contribution in [0.1, 0.15) is 12.8 Å². The van der Waals surface area contributed by atoms with Crippen molar-refractivity contribution in [1.82, 2.24) is 14.7 Å². The first-order chi connectivity index (χ1) is 11.5. The third-order valence-electron chi connectivity index (χ3n) is 4.79. The predicted molar refractivity (Wildman–Crippen MR) is 97.8 cm³/mol. The van der Waals surface area contributed by atoms with Gasteiger partial charge in [0.1, 0.15) is 5.75 Å². The van der Waals surface area contributed by atoms with E-state index in [0.29, 0.717) is 24.0 Å². The van der Waals surface area contributed by atoms with E-state index in [9.17, 15) is 4.79 Å². The van der Waals surface area contributed by atoms with Crippen molar-refractivity contribution in [3.05, 3.63) is 24.3 Å². The van der Waals surface area contributed by atoms with Gasteiger partial charge in [0.15, 0.2) is 0 Å². The number of amides is 2. The van der Waals surface area contributed by atoms with Crippen LogP contribution in [0.2, 0.25) is 0 Å². The van der Waals surface area contributed by atoms with Crippen LogP contribution in [0.5, 0.6) is 5.75 Å². The van der Waals surface area contributed by atoms with Crippen molar-refractivity contribution in [2.45, 2.75) is 18.9 Å². The maximum absolute atomic E-state index is 12.3. The molecule has 0 spiro atoms. The molecule has 0 radical (unpaired) electrons. The van der Waals surface area contributed by atoms with Crippen LogP contribution in [0.15, 0.2) is 24.3 Å². The number of para-hydroxylation sites is 2. The first-order valence-electron chi connectivity index (χ1n) is 8.55. The number of carbonyl (C=O) groups is 1. The lowest BCUT2D eigenvalue weighted by molar-refractivity contribution is 0.136. The number of piperidine rings is 1. The Kier molecular flexibility index (Phi) is 6.87. The first kappa shape index (κ1) is 18.5. The Morgan fingerprint density at radius 3 is 2.58 bits per heavy atom. The summed E-state index contributed by atoms with van der Waals surface area (Å²) in [7, 11) is 7.76. The molecule has 1 N–H and O–H groups in total. The van der Waals surface area contributed by atoms with E-state index in [1.54, 1.807) is 12.0 Å². The van der Waals surface area contributed by atoms with Crippen molar-refractivity contribution in [2.24, 2.45) is 0 Å². The maximum atomic E-state index is 12.3. The minimum absolute atomic E-state index is 0.115. The summed E-state index contributed by atoms with van der Waals surface area (Å²) < 4.78 is 5.27. The molecule has 0 saturated carbocycles. The van der Waals surface area contributed by atoms with Crippen molar-refractivity contribution in [1.29, 1.82) is 0 Å². The first-order valence-corrected chi connectivity index (χ1v) is 8.55. The van der Waals surface area contributed by atoms with Crippen LogP contribution in [0.3, 0.4) is 0 Å². The number of likely N-dealkylation sites (N-methyl/N-ethyl adjacent to an activating group) is 2. The van der Waals surface area contributed by atoms with Crippen LogP contribution in [0, 0.1) is 0 Å². The molecule has 1 heterocycles. The third kappa shape index (κ3) is 5.11. The highest BCUT2D eigenvalue weighted by Crippen LogP contribution is 2.23. The molecular weight excluding hydrogens is 304 g/mol. The van der Waals surface area contributed by atoms with Gasteiger partial charge < -0.3 is 24.8 Å². The smallest absolute Gasteiger partial charge is 0.321 e. The number of anilines is 1. The van der Waals surface area contributed by atoms with Crippen LogP contribution < -0.4 is 10.1 Å². The van der Waals surface area contributed by atoms with Gasteiger partial charge in [-0.3, -0.25) is 0 Å². The quantitative estimate of drug-likeness (QED) is 0.866. The molecule has 1 aliphatic rings. The maximum Gasteiger partial charge on any atom is 0.321 e. The standard InChI is InChI=1S/C18H30N4O2/c1-20-11-9-15(10-12-20)21(2)13-14-22(3)18(23)19-16-7-5-6-8-17(16)24-4/h5-8,15H,9-14H2,1-4H3,(H,19,23). The fourth-order valence-corrected chi connectivity index (χ4v) is 2.99. The predicted octanol–water partition coefficient (Wildman–Crippen LogP) is 2.18.